The van der Waals surface area contributed by atoms with Crippen LogP contribution in [0.4, 0.5) is 19.0 Å². The number of hydrogen-bond acceptors (Lipinski definition) is 4. The molecule has 0 atom stereocenters. The van der Waals surface area contributed by atoms with Crippen molar-refractivity contribution in [1.29, 1.82) is 0 Å². The van der Waals surface area contributed by atoms with E-state index in [0.717, 1.165) is 25.0 Å². The molecule has 0 aliphatic carbocycles. The number of H-pyrrole nitrogens is 1. The number of alkyl halides is 3. The Labute approximate surface area is 182 Å². The first-order chi connectivity index (χ1) is 15.3. The third-order valence-electron chi connectivity index (χ3n) is 5.03. The minimum Gasteiger partial charge on any atom is -0.309 e. The van der Waals surface area contributed by atoms with E-state index >= 15 is 0 Å². The van der Waals surface area contributed by atoms with E-state index in [2.05, 4.69) is 15.5 Å². The molecule has 0 spiro atoms. The van der Waals surface area contributed by atoms with Crippen LogP contribution in [0.1, 0.15) is 44.1 Å². The molecule has 2 aromatic carbocycles. The fourth-order valence-corrected chi connectivity index (χ4v) is 3.34. The largest absolute Gasteiger partial charge is 0.416 e. The molecule has 0 fully saturated rings. The Hall–Kier alpha value is -3.40. The Kier molecular flexibility index (Phi) is 7.47. The van der Waals surface area contributed by atoms with Crippen LogP contribution >= 0.6 is 0 Å². The van der Waals surface area contributed by atoms with Gasteiger partial charge in [-0.15, -0.1) is 0 Å². The summed E-state index contributed by atoms with van der Waals surface area (Å²) < 4.78 is 38.9. The van der Waals surface area contributed by atoms with Crippen molar-refractivity contribution < 1.29 is 28.0 Å². The molecule has 0 bridgehead atoms. The third-order valence-corrected chi connectivity index (χ3v) is 5.03. The lowest BCUT2D eigenvalue weighted by molar-refractivity contribution is -0.137. The normalized spacial score (nSPS) is 11.5. The van der Waals surface area contributed by atoms with Gasteiger partial charge in [0.25, 0.3) is 0 Å². The summed E-state index contributed by atoms with van der Waals surface area (Å²) in [6.07, 6.45) is -1.06. The molecule has 0 aliphatic heterocycles. The highest BCUT2D eigenvalue weighted by Crippen LogP contribution is 2.33. The Morgan fingerprint density at radius 1 is 0.938 bits per heavy atom. The van der Waals surface area contributed by atoms with Crippen molar-refractivity contribution in [2.24, 2.45) is 0 Å². The van der Waals surface area contributed by atoms with Gasteiger partial charge in [0.1, 0.15) is 0 Å². The van der Waals surface area contributed by atoms with E-state index < -0.39 is 17.6 Å². The number of anilines is 1. The van der Waals surface area contributed by atoms with Gasteiger partial charge in [0, 0.05) is 18.2 Å². The van der Waals surface area contributed by atoms with Crippen LogP contribution in [0, 0.1) is 0 Å². The molecular formula is C22H23F3N4O3. The molecule has 7 nitrogen and oxygen atoms in total. The van der Waals surface area contributed by atoms with Crippen molar-refractivity contribution in [1.82, 2.24) is 15.7 Å². The van der Waals surface area contributed by atoms with Gasteiger partial charge in [0.2, 0.25) is 11.8 Å². The maximum absolute atomic E-state index is 13.0. The number of benzene rings is 2. The van der Waals surface area contributed by atoms with Crippen molar-refractivity contribution in [3.63, 3.8) is 0 Å². The van der Waals surface area contributed by atoms with Crippen LogP contribution in [0.25, 0.3) is 22.0 Å². The van der Waals surface area contributed by atoms with Gasteiger partial charge in [-0.3, -0.25) is 19.9 Å². The van der Waals surface area contributed by atoms with Gasteiger partial charge in [-0.1, -0.05) is 31.0 Å². The number of hydroxylamine groups is 1. The van der Waals surface area contributed by atoms with Crippen LogP contribution in [-0.2, 0) is 15.8 Å². The molecule has 0 saturated carbocycles. The summed E-state index contributed by atoms with van der Waals surface area (Å²) in [5.41, 5.74) is 2.48. The summed E-state index contributed by atoms with van der Waals surface area (Å²) in [5, 5.41) is 18.7. The average Bonchev–Trinajstić information content (AvgIpc) is 3.17. The maximum Gasteiger partial charge on any atom is 0.416 e. The highest BCUT2D eigenvalue weighted by atomic mass is 19.4. The first-order valence-corrected chi connectivity index (χ1v) is 10.2. The number of aromatic nitrogens is 2. The topological polar surface area (TPSA) is 107 Å². The molecule has 4 N–H and O–H groups in total. The molecule has 32 heavy (non-hydrogen) atoms. The second kappa shape index (κ2) is 10.3. The van der Waals surface area contributed by atoms with Crippen molar-refractivity contribution in [2.45, 2.75) is 44.7 Å². The lowest BCUT2D eigenvalue weighted by Gasteiger charge is -2.09. The number of unbranched alkanes of at least 4 members (excludes halogenated alkanes) is 3. The van der Waals surface area contributed by atoms with Crippen LogP contribution < -0.4 is 10.8 Å². The summed E-state index contributed by atoms with van der Waals surface area (Å²) in [6, 6.07) is 10.2. The first kappa shape index (κ1) is 23.3. The standard InChI is InChI=1S/C22H23F3N4O3/c23-22(24,25)16-7-5-6-14(12-16)15-10-11-17-18(13-15)27-28-21(17)26-19(30)8-3-1-2-4-9-20(31)29-32/h5-7,10-13,32H,1-4,8-9H2,(H,29,31)(H2,26,27,28,30). The van der Waals surface area contributed by atoms with E-state index in [0.29, 0.717) is 47.1 Å². The fourth-order valence-electron chi connectivity index (χ4n) is 3.34. The molecule has 0 saturated heterocycles. The number of halogens is 3. The number of aromatic amines is 1. The second-order valence-electron chi connectivity index (χ2n) is 7.41. The molecule has 2 amide bonds. The van der Waals surface area contributed by atoms with Gasteiger partial charge < -0.3 is 5.32 Å². The monoisotopic (exact) mass is 448 g/mol. The minimum absolute atomic E-state index is 0.201. The van der Waals surface area contributed by atoms with Crippen LogP contribution in [-0.4, -0.2) is 27.2 Å². The number of rotatable bonds is 9. The molecule has 10 heteroatoms. The van der Waals surface area contributed by atoms with E-state index in [9.17, 15) is 22.8 Å². The summed E-state index contributed by atoms with van der Waals surface area (Å²) in [4.78, 5) is 23.1. The van der Waals surface area contributed by atoms with Crippen molar-refractivity contribution in [3.8, 4) is 11.1 Å². The number of fused-ring (bicyclic) bond motifs is 1. The molecule has 1 aromatic heterocycles. The maximum atomic E-state index is 13.0. The van der Waals surface area contributed by atoms with E-state index in [1.165, 1.54) is 6.07 Å². The zero-order valence-electron chi connectivity index (χ0n) is 17.1. The van der Waals surface area contributed by atoms with Gasteiger partial charge in [-0.2, -0.15) is 18.3 Å². The van der Waals surface area contributed by atoms with E-state index in [-0.39, 0.29) is 12.3 Å². The highest BCUT2D eigenvalue weighted by molar-refractivity contribution is 6.00. The lowest BCUT2D eigenvalue weighted by Crippen LogP contribution is -2.17. The Balaban J connectivity index is 1.58. The third kappa shape index (κ3) is 6.07. The minimum atomic E-state index is -4.42. The smallest absolute Gasteiger partial charge is 0.309 e. The summed E-state index contributed by atoms with van der Waals surface area (Å²) in [5.74, 6) is -0.266. The number of carbonyl (C=O) groups excluding carboxylic acids is 2. The van der Waals surface area contributed by atoms with Crippen LogP contribution in [0.5, 0.6) is 0 Å². The van der Waals surface area contributed by atoms with E-state index in [4.69, 9.17) is 5.21 Å². The van der Waals surface area contributed by atoms with Gasteiger partial charge >= 0.3 is 6.18 Å². The molecule has 0 unspecified atom stereocenters. The Bertz CT molecular complexity index is 1100. The van der Waals surface area contributed by atoms with Crippen LogP contribution in [0.3, 0.4) is 0 Å². The summed E-state index contributed by atoms with van der Waals surface area (Å²) in [7, 11) is 0. The number of amides is 2. The Morgan fingerprint density at radius 3 is 2.31 bits per heavy atom. The second-order valence-corrected chi connectivity index (χ2v) is 7.41. The number of hydrogen-bond donors (Lipinski definition) is 4. The molecule has 1 heterocycles. The zero-order valence-corrected chi connectivity index (χ0v) is 17.1. The quantitative estimate of drug-likeness (QED) is 0.209. The predicted molar refractivity (Wildman–Crippen MR) is 113 cm³/mol. The van der Waals surface area contributed by atoms with Crippen LogP contribution in [0.15, 0.2) is 42.5 Å². The fraction of sp³-hybridized carbons (Fsp3) is 0.318. The Morgan fingerprint density at radius 2 is 1.62 bits per heavy atom. The van der Waals surface area contributed by atoms with Gasteiger partial charge in [0.15, 0.2) is 5.82 Å². The molecule has 0 aliphatic rings. The van der Waals surface area contributed by atoms with Crippen LogP contribution in [0.2, 0.25) is 0 Å². The lowest BCUT2D eigenvalue weighted by atomic mass is 10.0. The highest BCUT2D eigenvalue weighted by Gasteiger charge is 2.30. The molecular weight excluding hydrogens is 425 g/mol. The molecule has 0 radical (unpaired) electrons. The van der Waals surface area contributed by atoms with Crippen molar-refractivity contribution in [2.75, 3.05) is 5.32 Å². The van der Waals surface area contributed by atoms with E-state index in [1.807, 2.05) is 0 Å². The number of carbonyl (C=O) groups is 2. The SMILES string of the molecule is O=C(CCCCCCC(=O)Nc1n[nH]c2cc(-c3cccc(C(F)(F)F)c3)ccc12)NO. The van der Waals surface area contributed by atoms with Gasteiger partial charge in [0.05, 0.1) is 11.1 Å². The first-order valence-electron chi connectivity index (χ1n) is 10.2. The molecule has 170 valence electrons. The average molecular weight is 448 g/mol. The summed E-state index contributed by atoms with van der Waals surface area (Å²) >= 11 is 0. The van der Waals surface area contributed by atoms with Crippen molar-refractivity contribution in [3.05, 3.63) is 48.0 Å². The number of nitrogens with one attached hydrogen (secondary N) is 3. The van der Waals surface area contributed by atoms with Gasteiger partial charge in [-0.25, -0.2) is 5.48 Å². The molecule has 3 rings (SSSR count). The molecule has 3 aromatic rings. The predicted octanol–water partition coefficient (Wildman–Crippen LogP) is 5.03. The van der Waals surface area contributed by atoms with E-state index in [1.54, 1.807) is 29.7 Å². The summed E-state index contributed by atoms with van der Waals surface area (Å²) in [6.45, 7) is 0. The van der Waals surface area contributed by atoms with Crippen molar-refractivity contribution >= 4 is 28.5 Å². The number of nitrogens with zero attached hydrogens (tertiary/aromatic N) is 1. The zero-order chi connectivity index (χ0) is 23.1. The van der Waals surface area contributed by atoms with Gasteiger partial charge in [-0.05, 0) is 48.2 Å².